The monoisotopic (exact) mass is 446 g/mol. The summed E-state index contributed by atoms with van der Waals surface area (Å²) in [6, 6.07) is 17.7. The highest BCUT2D eigenvalue weighted by molar-refractivity contribution is 6.31. The lowest BCUT2D eigenvalue weighted by Gasteiger charge is -2.13. The summed E-state index contributed by atoms with van der Waals surface area (Å²) in [7, 11) is 0. The number of hydrogen-bond acceptors (Lipinski definition) is 3. The highest BCUT2D eigenvalue weighted by atomic mass is 35.5. The summed E-state index contributed by atoms with van der Waals surface area (Å²) < 4.78 is 5.75. The molecule has 0 unspecified atom stereocenters. The molecule has 0 fully saturated rings. The predicted octanol–water partition coefficient (Wildman–Crippen LogP) is 7.24. The molecule has 2 heterocycles. The summed E-state index contributed by atoms with van der Waals surface area (Å²) in [5.74, 6) is 0.739. The highest BCUT2D eigenvalue weighted by Crippen LogP contribution is 2.32. The fraction of sp³-hybridized carbons (Fsp3) is 0.259. The number of fused-ring (bicyclic) bond motifs is 1. The van der Waals surface area contributed by atoms with Gasteiger partial charge in [0.2, 0.25) is 0 Å². The maximum atomic E-state index is 12.6. The summed E-state index contributed by atoms with van der Waals surface area (Å²) >= 11 is 6.27. The molecule has 2 aromatic heterocycles. The van der Waals surface area contributed by atoms with Crippen molar-refractivity contribution in [1.29, 1.82) is 0 Å². The zero-order valence-corrected chi connectivity index (χ0v) is 19.4. The van der Waals surface area contributed by atoms with E-state index in [1.165, 1.54) is 0 Å². The minimum atomic E-state index is -0.213. The first-order valence-corrected chi connectivity index (χ1v) is 11.3. The molecule has 0 aliphatic rings. The van der Waals surface area contributed by atoms with Gasteiger partial charge in [0, 0.05) is 28.5 Å². The molecule has 0 radical (unpaired) electrons. The summed E-state index contributed by atoms with van der Waals surface area (Å²) in [5.41, 5.74) is 6.10. The van der Waals surface area contributed by atoms with Crippen LogP contribution in [0.4, 0.5) is 0 Å². The van der Waals surface area contributed by atoms with Gasteiger partial charge in [0.25, 0.3) is 0 Å². The molecule has 0 aliphatic carbocycles. The lowest BCUT2D eigenvalue weighted by atomic mass is 10.0. The number of nitrogens with one attached hydrogen (secondary N) is 1. The Morgan fingerprint density at radius 3 is 2.72 bits per heavy atom. The van der Waals surface area contributed by atoms with Crippen molar-refractivity contribution in [3.63, 3.8) is 0 Å². The first kappa shape index (κ1) is 22.1. The maximum Gasteiger partial charge on any atom is 0.311 e. The molecule has 0 spiro atoms. The number of pyridine rings is 1. The van der Waals surface area contributed by atoms with E-state index >= 15 is 0 Å². The van der Waals surface area contributed by atoms with Gasteiger partial charge in [0.1, 0.15) is 5.75 Å². The van der Waals surface area contributed by atoms with Crippen LogP contribution in [-0.2, 0) is 11.2 Å². The van der Waals surface area contributed by atoms with E-state index in [-0.39, 0.29) is 11.9 Å². The number of carbonyl (C=O) groups excluding carboxylic acids is 1. The molecule has 0 saturated heterocycles. The van der Waals surface area contributed by atoms with E-state index in [4.69, 9.17) is 16.3 Å². The van der Waals surface area contributed by atoms with Crippen LogP contribution in [-0.4, -0.2) is 15.9 Å². The van der Waals surface area contributed by atoms with E-state index in [9.17, 15) is 4.79 Å². The smallest absolute Gasteiger partial charge is 0.311 e. The van der Waals surface area contributed by atoms with Crippen LogP contribution >= 0.6 is 11.6 Å². The molecule has 5 heteroatoms. The number of H-pyrrole nitrogens is 1. The minimum absolute atomic E-state index is 0.213. The molecule has 0 aliphatic heterocycles. The number of rotatable bonds is 7. The fourth-order valence-corrected chi connectivity index (χ4v) is 4.17. The molecule has 164 valence electrons. The molecule has 2 aromatic carbocycles. The first-order valence-electron chi connectivity index (χ1n) is 10.9. The van der Waals surface area contributed by atoms with E-state index in [0.717, 1.165) is 39.0 Å². The average molecular weight is 447 g/mol. The molecular weight excluding hydrogens is 420 g/mol. The number of ether oxygens (including phenoxy) is 1. The standard InChI is InChI=1S/C27H27ClN2O2/c1-17(2)20-12-10-18(3)15-25(20)32-26(31)9-6-7-21-22-16-19(28)11-13-23(22)30-27(21)24-8-4-5-14-29-24/h4-5,8,10-17,30H,6-7,9H2,1-3H3. The third-order valence-electron chi connectivity index (χ3n) is 5.61. The lowest BCUT2D eigenvalue weighted by Crippen LogP contribution is -2.10. The Morgan fingerprint density at radius 2 is 1.97 bits per heavy atom. The minimum Gasteiger partial charge on any atom is -0.426 e. The van der Waals surface area contributed by atoms with Gasteiger partial charge in [0.05, 0.1) is 11.4 Å². The van der Waals surface area contributed by atoms with Crippen molar-refractivity contribution < 1.29 is 9.53 Å². The molecule has 0 bridgehead atoms. The summed E-state index contributed by atoms with van der Waals surface area (Å²) in [5, 5.41) is 1.75. The number of halogens is 1. The zero-order chi connectivity index (χ0) is 22.7. The van der Waals surface area contributed by atoms with Gasteiger partial charge in [-0.15, -0.1) is 0 Å². The van der Waals surface area contributed by atoms with E-state index in [0.29, 0.717) is 30.0 Å². The molecule has 0 atom stereocenters. The Labute approximate surface area is 193 Å². The molecule has 0 amide bonds. The molecule has 4 nitrogen and oxygen atoms in total. The Hall–Kier alpha value is -3.11. The van der Waals surface area contributed by atoms with Crippen LogP contribution in [0.5, 0.6) is 5.75 Å². The molecule has 1 N–H and O–H groups in total. The van der Waals surface area contributed by atoms with Gasteiger partial charge in [-0.1, -0.05) is 43.6 Å². The summed E-state index contributed by atoms with van der Waals surface area (Å²) in [6.07, 6.45) is 3.50. The van der Waals surface area contributed by atoms with Gasteiger partial charge in [-0.05, 0) is 78.8 Å². The van der Waals surface area contributed by atoms with Crippen molar-refractivity contribution in [1.82, 2.24) is 9.97 Å². The van der Waals surface area contributed by atoms with Crippen LogP contribution in [0, 0.1) is 6.92 Å². The van der Waals surface area contributed by atoms with Crippen molar-refractivity contribution in [2.75, 3.05) is 0 Å². The fourth-order valence-electron chi connectivity index (χ4n) is 4.00. The largest absolute Gasteiger partial charge is 0.426 e. The second kappa shape index (κ2) is 9.58. The normalized spacial score (nSPS) is 11.3. The Balaban J connectivity index is 1.52. The number of esters is 1. The van der Waals surface area contributed by atoms with E-state index in [2.05, 4.69) is 23.8 Å². The number of aromatic amines is 1. The van der Waals surface area contributed by atoms with Crippen LogP contribution in [0.25, 0.3) is 22.3 Å². The Kier molecular flexibility index (Phi) is 6.61. The second-order valence-electron chi connectivity index (χ2n) is 8.41. The van der Waals surface area contributed by atoms with Crippen molar-refractivity contribution in [2.24, 2.45) is 0 Å². The summed E-state index contributed by atoms with van der Waals surface area (Å²) in [6.45, 7) is 6.20. The Morgan fingerprint density at radius 1 is 1.12 bits per heavy atom. The quantitative estimate of drug-likeness (QED) is 0.240. The molecule has 32 heavy (non-hydrogen) atoms. The number of carbonyl (C=O) groups is 1. The van der Waals surface area contributed by atoms with Crippen LogP contribution < -0.4 is 4.74 Å². The predicted molar refractivity (Wildman–Crippen MR) is 130 cm³/mol. The number of hydrogen-bond donors (Lipinski definition) is 1. The SMILES string of the molecule is Cc1ccc(C(C)C)c(OC(=O)CCCc2c(-c3ccccn3)[nH]c3ccc(Cl)cc23)c1. The van der Waals surface area contributed by atoms with Crippen LogP contribution in [0.15, 0.2) is 60.8 Å². The van der Waals surface area contributed by atoms with Gasteiger partial charge in [-0.3, -0.25) is 9.78 Å². The number of benzene rings is 2. The average Bonchev–Trinajstić information content (AvgIpc) is 3.12. The number of aromatic nitrogens is 2. The van der Waals surface area contributed by atoms with Crippen molar-refractivity contribution in [3.05, 3.63) is 82.5 Å². The number of nitrogens with zero attached hydrogens (tertiary/aromatic N) is 1. The first-order chi connectivity index (χ1) is 15.4. The third-order valence-corrected chi connectivity index (χ3v) is 5.85. The molecule has 4 aromatic rings. The number of aryl methyl sites for hydroxylation is 2. The van der Waals surface area contributed by atoms with Crippen molar-refractivity contribution >= 4 is 28.5 Å². The van der Waals surface area contributed by atoms with Crippen LogP contribution in [0.1, 0.15) is 49.3 Å². The van der Waals surface area contributed by atoms with Gasteiger partial charge in [-0.25, -0.2) is 0 Å². The van der Waals surface area contributed by atoms with Gasteiger partial charge < -0.3 is 9.72 Å². The van der Waals surface area contributed by atoms with Gasteiger partial charge in [-0.2, -0.15) is 0 Å². The van der Waals surface area contributed by atoms with E-state index < -0.39 is 0 Å². The molecule has 0 saturated carbocycles. The second-order valence-corrected chi connectivity index (χ2v) is 8.84. The summed E-state index contributed by atoms with van der Waals surface area (Å²) in [4.78, 5) is 20.6. The Bertz CT molecular complexity index is 1250. The van der Waals surface area contributed by atoms with Crippen molar-refractivity contribution in [3.8, 4) is 17.1 Å². The van der Waals surface area contributed by atoms with E-state index in [1.54, 1.807) is 6.20 Å². The highest BCUT2D eigenvalue weighted by Gasteiger charge is 2.16. The molecule has 4 rings (SSSR count). The van der Waals surface area contributed by atoms with E-state index in [1.807, 2.05) is 61.5 Å². The topological polar surface area (TPSA) is 55.0 Å². The zero-order valence-electron chi connectivity index (χ0n) is 18.6. The maximum absolute atomic E-state index is 12.6. The van der Waals surface area contributed by atoms with Gasteiger partial charge in [0.15, 0.2) is 0 Å². The van der Waals surface area contributed by atoms with Crippen molar-refractivity contribution in [2.45, 2.75) is 46.0 Å². The van der Waals surface area contributed by atoms with Gasteiger partial charge >= 0.3 is 5.97 Å². The van der Waals surface area contributed by atoms with Crippen LogP contribution in [0.3, 0.4) is 0 Å². The lowest BCUT2D eigenvalue weighted by molar-refractivity contribution is -0.134. The molecular formula is C27H27ClN2O2. The van der Waals surface area contributed by atoms with Crippen LogP contribution in [0.2, 0.25) is 5.02 Å². The third kappa shape index (κ3) is 4.86.